The van der Waals surface area contributed by atoms with Gasteiger partial charge in [-0.05, 0) is 58.3 Å². The Kier molecular flexibility index (Phi) is 6.91. The third kappa shape index (κ3) is 5.39. The number of aromatic nitrogens is 1. The summed E-state index contributed by atoms with van der Waals surface area (Å²) in [5.41, 5.74) is 4.08. The Morgan fingerprint density at radius 1 is 1.09 bits per heavy atom. The summed E-state index contributed by atoms with van der Waals surface area (Å²) in [7, 11) is 0. The van der Waals surface area contributed by atoms with E-state index in [1.165, 1.54) is 0 Å². The van der Waals surface area contributed by atoms with Gasteiger partial charge in [0, 0.05) is 17.5 Å². The molecule has 0 bridgehead atoms. The summed E-state index contributed by atoms with van der Waals surface area (Å²) in [6.07, 6.45) is 2.13. The van der Waals surface area contributed by atoms with Crippen molar-refractivity contribution in [2.24, 2.45) is 0 Å². The maximum absolute atomic E-state index is 12.7. The molecule has 4 aromatic rings. The second-order valence-electron chi connectivity index (χ2n) is 7.09. The number of amides is 1. The molecule has 5 nitrogen and oxygen atoms in total. The highest BCUT2D eigenvalue weighted by molar-refractivity contribution is 7.08. The smallest absolute Gasteiger partial charge is 0.251 e. The maximum Gasteiger partial charge on any atom is 0.251 e. The van der Waals surface area contributed by atoms with Crippen LogP contribution < -0.4 is 10.1 Å². The van der Waals surface area contributed by atoms with E-state index in [9.17, 15) is 4.79 Å². The minimum atomic E-state index is -0.208. The van der Waals surface area contributed by atoms with Crippen LogP contribution in [0.3, 0.4) is 0 Å². The van der Waals surface area contributed by atoms with E-state index in [0.29, 0.717) is 24.5 Å². The summed E-state index contributed by atoms with van der Waals surface area (Å²) in [6, 6.07) is 23.4. The number of fused-ring (bicyclic) bond motifs is 1. The lowest BCUT2D eigenvalue weighted by Gasteiger charge is -2.10. The molecule has 0 aliphatic rings. The summed E-state index contributed by atoms with van der Waals surface area (Å²) < 4.78 is 5.90. The first-order valence-corrected chi connectivity index (χ1v) is 11.1. The molecule has 0 aliphatic heterocycles. The lowest BCUT2D eigenvalue weighted by molar-refractivity contribution is -0.115. The SMILES string of the molecule is N#CCCNC(=O)/C(=C\c1ccsc1)c1ccc(OCc2ccc3ccccc3n2)cc1. The zero-order valence-electron chi connectivity index (χ0n) is 17.3. The zero-order valence-corrected chi connectivity index (χ0v) is 18.1. The summed E-state index contributed by atoms with van der Waals surface area (Å²) in [5, 5.41) is 16.6. The highest BCUT2D eigenvalue weighted by Crippen LogP contribution is 2.23. The monoisotopic (exact) mass is 439 g/mol. The van der Waals surface area contributed by atoms with Crippen LogP contribution in [0.2, 0.25) is 0 Å². The van der Waals surface area contributed by atoms with Crippen LogP contribution in [0.15, 0.2) is 77.5 Å². The van der Waals surface area contributed by atoms with Gasteiger partial charge in [-0.2, -0.15) is 16.6 Å². The Hall–Kier alpha value is -3.95. The summed E-state index contributed by atoms with van der Waals surface area (Å²) in [4.78, 5) is 17.4. The van der Waals surface area contributed by atoms with E-state index >= 15 is 0 Å². The van der Waals surface area contributed by atoms with Gasteiger partial charge in [-0.25, -0.2) is 4.98 Å². The van der Waals surface area contributed by atoms with Gasteiger partial charge < -0.3 is 10.1 Å². The van der Waals surface area contributed by atoms with Gasteiger partial charge in [0.05, 0.1) is 23.7 Å². The molecular formula is C26H21N3O2S. The molecule has 4 rings (SSSR count). The number of carbonyl (C=O) groups excluding carboxylic acids is 1. The van der Waals surface area contributed by atoms with Gasteiger partial charge in [0.2, 0.25) is 0 Å². The molecule has 0 atom stereocenters. The fourth-order valence-electron chi connectivity index (χ4n) is 3.21. The Bertz CT molecular complexity index is 1270. The average molecular weight is 440 g/mol. The van der Waals surface area contributed by atoms with Crippen molar-refractivity contribution in [3.05, 3.63) is 94.3 Å². The molecule has 0 saturated carbocycles. The molecule has 2 heterocycles. The van der Waals surface area contributed by atoms with Crippen LogP contribution >= 0.6 is 11.3 Å². The van der Waals surface area contributed by atoms with E-state index in [0.717, 1.165) is 27.7 Å². The van der Waals surface area contributed by atoms with Crippen molar-refractivity contribution in [1.29, 1.82) is 5.26 Å². The van der Waals surface area contributed by atoms with E-state index in [2.05, 4.69) is 10.3 Å². The molecule has 0 saturated heterocycles. The van der Waals surface area contributed by atoms with Gasteiger partial charge >= 0.3 is 0 Å². The minimum absolute atomic E-state index is 0.208. The number of pyridine rings is 1. The van der Waals surface area contributed by atoms with Gasteiger partial charge in [0.1, 0.15) is 12.4 Å². The highest BCUT2D eigenvalue weighted by Gasteiger charge is 2.12. The largest absolute Gasteiger partial charge is 0.487 e. The third-order valence-electron chi connectivity index (χ3n) is 4.83. The van der Waals surface area contributed by atoms with E-state index < -0.39 is 0 Å². The summed E-state index contributed by atoms with van der Waals surface area (Å²) >= 11 is 1.57. The molecular weight excluding hydrogens is 418 g/mol. The summed E-state index contributed by atoms with van der Waals surface area (Å²) in [6.45, 7) is 0.673. The number of benzene rings is 2. The minimum Gasteiger partial charge on any atom is -0.487 e. The molecule has 2 aromatic carbocycles. The normalized spacial score (nSPS) is 11.2. The quantitative estimate of drug-likeness (QED) is 0.293. The first-order valence-electron chi connectivity index (χ1n) is 10.2. The van der Waals surface area contributed by atoms with Crippen LogP contribution in [0.1, 0.15) is 23.2 Å². The predicted molar refractivity (Wildman–Crippen MR) is 128 cm³/mol. The third-order valence-corrected chi connectivity index (χ3v) is 5.53. The number of hydrogen-bond donors (Lipinski definition) is 1. The van der Waals surface area contributed by atoms with Gasteiger partial charge in [0.25, 0.3) is 5.91 Å². The first kappa shape index (κ1) is 21.3. The first-order chi connectivity index (χ1) is 15.7. The van der Waals surface area contributed by atoms with E-state index in [1.807, 2.05) is 89.6 Å². The molecule has 0 aliphatic carbocycles. The molecule has 1 N–H and O–H groups in total. The number of ether oxygens (including phenoxy) is 1. The Balaban J connectivity index is 1.48. The van der Waals surface area contributed by atoms with Gasteiger partial charge in [-0.1, -0.05) is 36.4 Å². The predicted octanol–water partition coefficient (Wildman–Crippen LogP) is 5.45. The number of nitrogens with zero attached hydrogens (tertiary/aromatic N) is 2. The van der Waals surface area contributed by atoms with Crippen molar-refractivity contribution in [3.63, 3.8) is 0 Å². The standard InChI is InChI=1S/C26H21N3O2S/c27-13-3-14-28-26(30)24(16-19-12-15-32-18-19)20-7-10-23(11-8-20)31-17-22-9-6-21-4-1-2-5-25(21)29-22/h1-2,4-12,15-16,18H,3,14,17H2,(H,28,30)/b24-16-. The van der Waals surface area contributed by atoms with Crippen molar-refractivity contribution >= 4 is 39.8 Å². The highest BCUT2D eigenvalue weighted by atomic mass is 32.1. The Morgan fingerprint density at radius 3 is 2.72 bits per heavy atom. The zero-order chi connectivity index (χ0) is 22.2. The van der Waals surface area contributed by atoms with E-state index in [4.69, 9.17) is 10.00 Å². The molecule has 0 fully saturated rings. The maximum atomic E-state index is 12.7. The fourth-order valence-corrected chi connectivity index (χ4v) is 3.83. The van der Waals surface area contributed by atoms with Crippen LogP contribution in [-0.4, -0.2) is 17.4 Å². The molecule has 1 amide bonds. The number of thiophene rings is 1. The molecule has 0 radical (unpaired) electrons. The Morgan fingerprint density at radius 2 is 1.94 bits per heavy atom. The molecule has 0 unspecified atom stereocenters. The Labute approximate surface area is 190 Å². The number of nitrogens with one attached hydrogen (secondary N) is 1. The van der Waals surface area contributed by atoms with Crippen LogP contribution in [0, 0.1) is 11.3 Å². The van der Waals surface area contributed by atoms with Crippen LogP contribution in [0.5, 0.6) is 5.75 Å². The van der Waals surface area contributed by atoms with E-state index in [-0.39, 0.29) is 12.3 Å². The van der Waals surface area contributed by atoms with Gasteiger partial charge in [0.15, 0.2) is 0 Å². The van der Waals surface area contributed by atoms with Crippen LogP contribution in [0.25, 0.3) is 22.6 Å². The molecule has 0 spiro atoms. The van der Waals surface area contributed by atoms with Gasteiger partial charge in [-0.3, -0.25) is 4.79 Å². The van der Waals surface area contributed by atoms with Crippen molar-refractivity contribution in [2.45, 2.75) is 13.0 Å². The fraction of sp³-hybridized carbons (Fsp3) is 0.115. The lowest BCUT2D eigenvalue weighted by atomic mass is 10.0. The number of nitriles is 1. The molecule has 158 valence electrons. The van der Waals surface area contributed by atoms with Gasteiger partial charge in [-0.15, -0.1) is 0 Å². The van der Waals surface area contributed by atoms with Crippen LogP contribution in [0.4, 0.5) is 0 Å². The van der Waals surface area contributed by atoms with Crippen molar-refractivity contribution < 1.29 is 9.53 Å². The van der Waals surface area contributed by atoms with Crippen molar-refractivity contribution in [2.75, 3.05) is 6.54 Å². The summed E-state index contributed by atoms with van der Waals surface area (Å²) in [5.74, 6) is 0.490. The average Bonchev–Trinajstić information content (AvgIpc) is 3.35. The number of para-hydroxylation sites is 1. The van der Waals surface area contributed by atoms with Crippen molar-refractivity contribution in [1.82, 2.24) is 10.3 Å². The molecule has 6 heteroatoms. The lowest BCUT2D eigenvalue weighted by Crippen LogP contribution is -2.25. The van der Waals surface area contributed by atoms with Crippen molar-refractivity contribution in [3.8, 4) is 11.8 Å². The number of rotatable bonds is 8. The van der Waals surface area contributed by atoms with Crippen LogP contribution in [-0.2, 0) is 11.4 Å². The molecule has 2 aromatic heterocycles. The molecule has 32 heavy (non-hydrogen) atoms. The van der Waals surface area contributed by atoms with E-state index in [1.54, 1.807) is 11.3 Å². The number of hydrogen-bond acceptors (Lipinski definition) is 5. The second-order valence-corrected chi connectivity index (χ2v) is 7.87. The number of carbonyl (C=O) groups is 1. The topological polar surface area (TPSA) is 75.0 Å². The second kappa shape index (κ2) is 10.4.